The molecule has 0 heterocycles. The first-order valence-corrected chi connectivity index (χ1v) is 8.71. The van der Waals surface area contributed by atoms with Crippen LogP contribution in [0.1, 0.15) is 62.5 Å². The average molecular weight is 312 g/mol. The van der Waals surface area contributed by atoms with Gasteiger partial charge in [0, 0.05) is 11.5 Å². The minimum atomic E-state index is -1.84. The normalized spacial score (nSPS) is 13.0. The molecule has 124 valence electrons. The van der Waals surface area contributed by atoms with Gasteiger partial charge in [0.15, 0.2) is 5.79 Å². The van der Waals surface area contributed by atoms with Crippen molar-refractivity contribution >= 4 is 0 Å². The van der Waals surface area contributed by atoms with E-state index in [1.165, 1.54) is 19.3 Å². The van der Waals surface area contributed by atoms with Gasteiger partial charge in [-0.05, 0) is 12.0 Å². The minimum absolute atomic E-state index is 0.312. The number of rotatable bonds is 9. The largest absolute Gasteiger partial charge is 0.361 e. The van der Waals surface area contributed by atoms with Crippen LogP contribution in [-0.4, -0.2) is 10.2 Å². The topological polar surface area (TPSA) is 40.5 Å². The Kier molecular flexibility index (Phi) is 6.82. The highest BCUT2D eigenvalue weighted by Gasteiger charge is 2.36. The zero-order valence-corrected chi connectivity index (χ0v) is 14.0. The molecule has 2 nitrogen and oxygen atoms in total. The summed E-state index contributed by atoms with van der Waals surface area (Å²) in [5.41, 5.74) is 1.54. The second-order valence-electron chi connectivity index (χ2n) is 6.26. The summed E-state index contributed by atoms with van der Waals surface area (Å²) in [7, 11) is 0. The second-order valence-corrected chi connectivity index (χ2v) is 6.26. The molecule has 1 atom stereocenters. The van der Waals surface area contributed by atoms with E-state index in [0.717, 1.165) is 24.8 Å². The van der Waals surface area contributed by atoms with Gasteiger partial charge < -0.3 is 10.2 Å². The fourth-order valence-electron chi connectivity index (χ4n) is 3.12. The lowest BCUT2D eigenvalue weighted by atomic mass is 9.82. The zero-order valence-electron chi connectivity index (χ0n) is 14.0. The molecule has 0 radical (unpaired) electrons. The van der Waals surface area contributed by atoms with Crippen molar-refractivity contribution in [2.75, 3.05) is 0 Å². The van der Waals surface area contributed by atoms with Crippen LogP contribution in [0.15, 0.2) is 60.7 Å². The van der Waals surface area contributed by atoms with Gasteiger partial charge in [0.1, 0.15) is 0 Å². The SMILES string of the molecule is CCCCCCCC(c1ccccc1)C(O)(O)c1ccccc1. The highest BCUT2D eigenvalue weighted by molar-refractivity contribution is 5.28. The Morgan fingerprint density at radius 3 is 1.96 bits per heavy atom. The first-order chi connectivity index (χ1) is 11.2. The van der Waals surface area contributed by atoms with Gasteiger partial charge >= 0.3 is 0 Å². The van der Waals surface area contributed by atoms with E-state index < -0.39 is 5.79 Å². The molecule has 0 saturated carbocycles. The third-order valence-electron chi connectivity index (χ3n) is 4.48. The molecule has 0 bridgehead atoms. The van der Waals surface area contributed by atoms with E-state index in [4.69, 9.17) is 0 Å². The molecule has 1 unspecified atom stereocenters. The molecule has 0 spiro atoms. The maximum absolute atomic E-state index is 10.9. The Hall–Kier alpha value is -1.64. The summed E-state index contributed by atoms with van der Waals surface area (Å²) in [4.78, 5) is 0. The van der Waals surface area contributed by atoms with Crippen molar-refractivity contribution < 1.29 is 10.2 Å². The van der Waals surface area contributed by atoms with Crippen molar-refractivity contribution in [3.05, 3.63) is 71.8 Å². The summed E-state index contributed by atoms with van der Waals surface area (Å²) in [6.07, 6.45) is 6.61. The Bertz CT molecular complexity index is 549. The number of aliphatic hydroxyl groups is 2. The zero-order chi connectivity index (χ0) is 16.5. The fraction of sp³-hybridized carbons (Fsp3) is 0.429. The van der Waals surface area contributed by atoms with Crippen molar-refractivity contribution in [1.29, 1.82) is 0 Å². The Morgan fingerprint density at radius 1 is 0.783 bits per heavy atom. The minimum Gasteiger partial charge on any atom is -0.361 e. The second kappa shape index (κ2) is 8.85. The summed E-state index contributed by atoms with van der Waals surface area (Å²) < 4.78 is 0. The van der Waals surface area contributed by atoms with E-state index >= 15 is 0 Å². The molecule has 0 fully saturated rings. The first kappa shape index (κ1) is 17.7. The van der Waals surface area contributed by atoms with E-state index in [-0.39, 0.29) is 5.92 Å². The predicted molar refractivity (Wildman–Crippen MR) is 95.1 cm³/mol. The van der Waals surface area contributed by atoms with Gasteiger partial charge in [-0.15, -0.1) is 0 Å². The molecule has 2 heteroatoms. The predicted octanol–water partition coefficient (Wildman–Crippen LogP) is 4.97. The standard InChI is InChI=1S/C21H28O2/c1-2-3-4-5-12-17-20(18-13-8-6-9-14-18)21(22,23)19-15-10-7-11-16-19/h6-11,13-16,20,22-23H,2-5,12,17H2,1H3. The molecule has 2 aromatic rings. The molecule has 0 aromatic heterocycles. The molecule has 2 N–H and O–H groups in total. The Morgan fingerprint density at radius 2 is 1.35 bits per heavy atom. The van der Waals surface area contributed by atoms with Crippen molar-refractivity contribution in [1.82, 2.24) is 0 Å². The van der Waals surface area contributed by atoms with Crippen LogP contribution in [-0.2, 0) is 5.79 Å². The molecule has 0 saturated heterocycles. The van der Waals surface area contributed by atoms with Crippen LogP contribution in [0.5, 0.6) is 0 Å². The lowest BCUT2D eigenvalue weighted by Gasteiger charge is -2.32. The molecule has 0 aliphatic rings. The van der Waals surface area contributed by atoms with Gasteiger partial charge in [-0.3, -0.25) is 0 Å². The molecule has 2 rings (SSSR count). The van der Waals surface area contributed by atoms with Crippen molar-refractivity contribution in [3.63, 3.8) is 0 Å². The third kappa shape index (κ3) is 4.92. The molecule has 0 amide bonds. The van der Waals surface area contributed by atoms with E-state index in [2.05, 4.69) is 6.92 Å². The molecule has 0 aliphatic heterocycles. The number of benzene rings is 2. The summed E-state index contributed by atoms with van der Waals surface area (Å²) in [6.45, 7) is 2.20. The highest BCUT2D eigenvalue weighted by atomic mass is 16.5. The molecule has 23 heavy (non-hydrogen) atoms. The quantitative estimate of drug-likeness (QED) is 0.507. The van der Waals surface area contributed by atoms with Crippen LogP contribution in [0.3, 0.4) is 0 Å². The molecular weight excluding hydrogens is 284 g/mol. The third-order valence-corrected chi connectivity index (χ3v) is 4.48. The lowest BCUT2D eigenvalue weighted by Crippen LogP contribution is -2.33. The highest BCUT2D eigenvalue weighted by Crippen LogP contribution is 2.38. The van der Waals surface area contributed by atoms with Crippen LogP contribution in [0, 0.1) is 0 Å². The van der Waals surface area contributed by atoms with E-state index in [0.29, 0.717) is 5.56 Å². The number of unbranched alkanes of at least 4 members (excludes halogenated alkanes) is 4. The van der Waals surface area contributed by atoms with Crippen molar-refractivity contribution in [3.8, 4) is 0 Å². The maximum atomic E-state index is 10.9. The summed E-state index contributed by atoms with van der Waals surface area (Å²) in [6, 6.07) is 19.0. The first-order valence-electron chi connectivity index (χ1n) is 8.71. The van der Waals surface area contributed by atoms with Gasteiger partial charge in [-0.25, -0.2) is 0 Å². The monoisotopic (exact) mass is 312 g/mol. The van der Waals surface area contributed by atoms with Crippen molar-refractivity contribution in [2.24, 2.45) is 0 Å². The summed E-state index contributed by atoms with van der Waals surface area (Å²) in [5, 5.41) is 21.7. The molecule has 0 aliphatic carbocycles. The van der Waals surface area contributed by atoms with Gasteiger partial charge in [0.25, 0.3) is 0 Å². The lowest BCUT2D eigenvalue weighted by molar-refractivity contribution is -0.190. The van der Waals surface area contributed by atoms with Gasteiger partial charge in [-0.1, -0.05) is 99.7 Å². The maximum Gasteiger partial charge on any atom is 0.196 e. The van der Waals surface area contributed by atoms with Crippen LogP contribution in [0.2, 0.25) is 0 Å². The van der Waals surface area contributed by atoms with E-state index in [9.17, 15) is 10.2 Å². The van der Waals surface area contributed by atoms with Gasteiger partial charge in [0.2, 0.25) is 0 Å². The fourth-order valence-corrected chi connectivity index (χ4v) is 3.12. The van der Waals surface area contributed by atoms with E-state index in [1.807, 2.05) is 48.5 Å². The number of hydrogen-bond acceptors (Lipinski definition) is 2. The smallest absolute Gasteiger partial charge is 0.196 e. The van der Waals surface area contributed by atoms with Crippen LogP contribution in [0.25, 0.3) is 0 Å². The van der Waals surface area contributed by atoms with E-state index in [1.54, 1.807) is 12.1 Å². The Balaban J connectivity index is 2.16. The summed E-state index contributed by atoms with van der Waals surface area (Å²) >= 11 is 0. The molecular formula is C21H28O2. The average Bonchev–Trinajstić information content (AvgIpc) is 2.59. The van der Waals surface area contributed by atoms with Crippen LogP contribution in [0.4, 0.5) is 0 Å². The van der Waals surface area contributed by atoms with Crippen LogP contribution >= 0.6 is 0 Å². The molecule has 2 aromatic carbocycles. The number of hydrogen-bond donors (Lipinski definition) is 2. The van der Waals surface area contributed by atoms with Crippen LogP contribution < -0.4 is 0 Å². The Labute approximate surface area is 139 Å². The van der Waals surface area contributed by atoms with Gasteiger partial charge in [-0.2, -0.15) is 0 Å². The van der Waals surface area contributed by atoms with Gasteiger partial charge in [0.05, 0.1) is 0 Å². The van der Waals surface area contributed by atoms with Crippen molar-refractivity contribution in [2.45, 2.75) is 57.2 Å². The summed E-state index contributed by atoms with van der Waals surface area (Å²) in [5.74, 6) is -2.15.